The predicted octanol–water partition coefficient (Wildman–Crippen LogP) is 2.64. The number of hydrogen-bond donors (Lipinski definition) is 1. The normalized spacial score (nSPS) is 13.0. The average Bonchev–Trinajstić information content (AvgIpc) is 2.87. The molecule has 0 atom stereocenters. The lowest BCUT2D eigenvalue weighted by molar-refractivity contribution is 0.0923. The van der Waals surface area contributed by atoms with Gasteiger partial charge in [-0.2, -0.15) is 0 Å². The Morgan fingerprint density at radius 2 is 1.68 bits per heavy atom. The molecule has 0 spiro atoms. The molecule has 0 aliphatic carbocycles. The largest absolute Gasteiger partial charge is 0.494 e. The molecule has 0 fully saturated rings. The Kier molecular flexibility index (Phi) is 4.52. The molecule has 2 aromatic rings. The number of hydrogen-bond acceptors (Lipinski definition) is 4. The number of nitrogens with one attached hydrogen (secondary N) is 1. The molecule has 25 heavy (non-hydrogen) atoms. The number of anilines is 1. The van der Waals surface area contributed by atoms with Crippen molar-refractivity contribution in [1.82, 2.24) is 5.32 Å². The number of fused-ring (bicyclic) bond motifs is 1. The van der Waals surface area contributed by atoms with Crippen LogP contribution in [0.5, 0.6) is 5.75 Å². The van der Waals surface area contributed by atoms with Gasteiger partial charge in [0.2, 0.25) is 0 Å². The number of imide groups is 1. The summed E-state index contributed by atoms with van der Waals surface area (Å²) in [5.74, 6) is -0.437. The van der Waals surface area contributed by atoms with E-state index in [1.54, 1.807) is 30.3 Å². The summed E-state index contributed by atoms with van der Waals surface area (Å²) < 4.78 is 5.37. The smallest absolute Gasteiger partial charge is 0.266 e. The first-order valence-corrected chi connectivity index (χ1v) is 8.10. The van der Waals surface area contributed by atoms with Gasteiger partial charge in [0.25, 0.3) is 17.7 Å². The van der Waals surface area contributed by atoms with Crippen LogP contribution in [0.1, 0.15) is 44.9 Å². The molecule has 1 aliphatic heterocycles. The van der Waals surface area contributed by atoms with Crippen LogP contribution in [0, 0.1) is 0 Å². The standard InChI is InChI=1S/C19H18N2O4/c1-3-20-17(22)12-5-10-15-16(11-12)19(24)21(18(15)23)13-6-8-14(9-7-13)25-4-2/h5-11H,3-4H2,1-2H3,(H,20,22). The van der Waals surface area contributed by atoms with Crippen LogP contribution in [0.25, 0.3) is 0 Å². The Labute approximate surface area is 145 Å². The van der Waals surface area contributed by atoms with E-state index in [0.29, 0.717) is 35.7 Å². The van der Waals surface area contributed by atoms with Gasteiger partial charge >= 0.3 is 0 Å². The second-order valence-electron chi connectivity index (χ2n) is 5.49. The summed E-state index contributed by atoms with van der Waals surface area (Å²) in [6.45, 7) is 4.72. The van der Waals surface area contributed by atoms with Crippen molar-refractivity contribution in [3.63, 3.8) is 0 Å². The Morgan fingerprint density at radius 1 is 1.00 bits per heavy atom. The molecular weight excluding hydrogens is 320 g/mol. The maximum Gasteiger partial charge on any atom is 0.266 e. The monoisotopic (exact) mass is 338 g/mol. The van der Waals surface area contributed by atoms with Crippen molar-refractivity contribution in [3.8, 4) is 5.75 Å². The third-order valence-corrected chi connectivity index (χ3v) is 3.89. The van der Waals surface area contributed by atoms with E-state index in [4.69, 9.17) is 4.74 Å². The molecule has 6 nitrogen and oxygen atoms in total. The summed E-state index contributed by atoms with van der Waals surface area (Å²) in [4.78, 5) is 38.4. The van der Waals surface area contributed by atoms with Crippen molar-refractivity contribution in [2.75, 3.05) is 18.1 Å². The number of amides is 3. The summed E-state index contributed by atoms with van der Waals surface area (Å²) in [6.07, 6.45) is 0. The second kappa shape index (κ2) is 6.76. The minimum absolute atomic E-state index is 0.239. The summed E-state index contributed by atoms with van der Waals surface area (Å²) in [5.41, 5.74) is 1.36. The van der Waals surface area contributed by atoms with Crippen LogP contribution >= 0.6 is 0 Å². The van der Waals surface area contributed by atoms with E-state index >= 15 is 0 Å². The van der Waals surface area contributed by atoms with E-state index in [1.807, 2.05) is 13.8 Å². The third-order valence-electron chi connectivity index (χ3n) is 3.89. The molecule has 1 aliphatic rings. The molecule has 0 saturated carbocycles. The first-order valence-electron chi connectivity index (χ1n) is 8.10. The van der Waals surface area contributed by atoms with Crippen molar-refractivity contribution in [1.29, 1.82) is 0 Å². The molecule has 0 aromatic heterocycles. The van der Waals surface area contributed by atoms with Gasteiger partial charge in [-0.05, 0) is 56.3 Å². The Bertz CT molecular complexity index is 843. The minimum Gasteiger partial charge on any atom is -0.494 e. The van der Waals surface area contributed by atoms with Crippen molar-refractivity contribution in [3.05, 3.63) is 59.2 Å². The molecule has 0 bridgehead atoms. The lowest BCUT2D eigenvalue weighted by Gasteiger charge is -2.14. The van der Waals surface area contributed by atoms with E-state index in [1.165, 1.54) is 12.1 Å². The lowest BCUT2D eigenvalue weighted by Crippen LogP contribution is -2.29. The van der Waals surface area contributed by atoms with Crippen LogP contribution in [-0.4, -0.2) is 30.9 Å². The molecule has 0 unspecified atom stereocenters. The third kappa shape index (κ3) is 2.98. The number of benzene rings is 2. The van der Waals surface area contributed by atoms with Gasteiger partial charge in [0, 0.05) is 12.1 Å². The van der Waals surface area contributed by atoms with Crippen molar-refractivity contribution in [2.24, 2.45) is 0 Å². The van der Waals surface area contributed by atoms with Crippen LogP contribution in [0.3, 0.4) is 0 Å². The van der Waals surface area contributed by atoms with Crippen molar-refractivity contribution in [2.45, 2.75) is 13.8 Å². The van der Waals surface area contributed by atoms with Crippen LogP contribution in [0.15, 0.2) is 42.5 Å². The summed E-state index contributed by atoms with van der Waals surface area (Å²) >= 11 is 0. The van der Waals surface area contributed by atoms with E-state index in [2.05, 4.69) is 5.32 Å². The highest BCUT2D eigenvalue weighted by Crippen LogP contribution is 2.30. The fourth-order valence-corrected chi connectivity index (χ4v) is 2.74. The topological polar surface area (TPSA) is 75.7 Å². The van der Waals surface area contributed by atoms with Gasteiger partial charge in [-0.15, -0.1) is 0 Å². The van der Waals surface area contributed by atoms with Crippen LogP contribution < -0.4 is 15.0 Å². The molecular formula is C19H18N2O4. The average molecular weight is 338 g/mol. The fourth-order valence-electron chi connectivity index (χ4n) is 2.74. The molecule has 1 N–H and O–H groups in total. The molecule has 0 radical (unpaired) electrons. The Morgan fingerprint density at radius 3 is 2.32 bits per heavy atom. The van der Waals surface area contributed by atoms with Gasteiger partial charge in [-0.1, -0.05) is 0 Å². The Balaban J connectivity index is 1.92. The molecule has 0 saturated heterocycles. The molecule has 3 amide bonds. The van der Waals surface area contributed by atoms with Crippen molar-refractivity contribution < 1.29 is 19.1 Å². The van der Waals surface area contributed by atoms with Gasteiger partial charge < -0.3 is 10.1 Å². The van der Waals surface area contributed by atoms with Gasteiger partial charge in [-0.3, -0.25) is 14.4 Å². The SMILES string of the molecule is CCNC(=O)c1ccc2c(c1)C(=O)N(c1ccc(OCC)cc1)C2=O. The highest BCUT2D eigenvalue weighted by Gasteiger charge is 2.37. The zero-order chi connectivity index (χ0) is 18.0. The van der Waals surface area contributed by atoms with Crippen LogP contribution in [0.2, 0.25) is 0 Å². The first kappa shape index (κ1) is 16.7. The number of carbonyl (C=O) groups excluding carboxylic acids is 3. The second-order valence-corrected chi connectivity index (χ2v) is 5.49. The molecule has 128 valence electrons. The van der Waals surface area contributed by atoms with E-state index < -0.39 is 11.8 Å². The minimum atomic E-state index is -0.435. The van der Waals surface area contributed by atoms with Gasteiger partial charge in [-0.25, -0.2) is 4.90 Å². The predicted molar refractivity (Wildman–Crippen MR) is 93.2 cm³/mol. The van der Waals surface area contributed by atoms with Crippen LogP contribution in [0.4, 0.5) is 5.69 Å². The maximum atomic E-state index is 12.7. The lowest BCUT2D eigenvalue weighted by atomic mass is 10.1. The molecule has 3 rings (SSSR count). The summed E-state index contributed by atoms with van der Waals surface area (Å²) in [7, 11) is 0. The maximum absolute atomic E-state index is 12.7. The summed E-state index contributed by atoms with van der Waals surface area (Å²) in [6, 6.07) is 11.3. The summed E-state index contributed by atoms with van der Waals surface area (Å²) in [5, 5.41) is 2.68. The Hall–Kier alpha value is -3.15. The van der Waals surface area contributed by atoms with E-state index in [9.17, 15) is 14.4 Å². The van der Waals surface area contributed by atoms with E-state index in [0.717, 1.165) is 4.90 Å². The van der Waals surface area contributed by atoms with Crippen LogP contribution in [-0.2, 0) is 0 Å². The van der Waals surface area contributed by atoms with Crippen molar-refractivity contribution >= 4 is 23.4 Å². The molecule has 1 heterocycles. The van der Waals surface area contributed by atoms with Gasteiger partial charge in [0.1, 0.15) is 5.75 Å². The zero-order valence-corrected chi connectivity index (χ0v) is 14.0. The first-order chi connectivity index (χ1) is 12.1. The highest BCUT2D eigenvalue weighted by atomic mass is 16.5. The van der Waals surface area contributed by atoms with Gasteiger partial charge in [0.05, 0.1) is 23.4 Å². The number of rotatable bonds is 5. The highest BCUT2D eigenvalue weighted by molar-refractivity contribution is 6.34. The molecule has 6 heteroatoms. The number of nitrogens with zero attached hydrogens (tertiary/aromatic N) is 1. The van der Waals surface area contributed by atoms with E-state index in [-0.39, 0.29) is 11.5 Å². The molecule has 2 aromatic carbocycles. The number of ether oxygens (including phenoxy) is 1. The zero-order valence-electron chi connectivity index (χ0n) is 14.0. The fraction of sp³-hybridized carbons (Fsp3) is 0.211. The van der Waals surface area contributed by atoms with Gasteiger partial charge in [0.15, 0.2) is 0 Å². The number of carbonyl (C=O) groups is 3. The quantitative estimate of drug-likeness (QED) is 0.851.